The zero-order chi connectivity index (χ0) is 19.9. The molecular formula is C20H30N2O4. The van der Waals surface area contributed by atoms with Gasteiger partial charge in [-0.3, -0.25) is 4.99 Å². The second-order valence-corrected chi connectivity index (χ2v) is 7.16. The summed E-state index contributed by atoms with van der Waals surface area (Å²) in [5.41, 5.74) is 1.16. The van der Waals surface area contributed by atoms with Crippen molar-refractivity contribution in [2.75, 3.05) is 13.1 Å². The smallest absolute Gasteiger partial charge is 0.410 e. The molecule has 144 valence electrons. The van der Waals surface area contributed by atoms with Gasteiger partial charge in [-0.2, -0.15) is 0 Å². The SMILES string of the molecule is C=Nc1ccccc1/C(CN(C[C@@H](O)CC)C(=O)OC(C)(C)C)=C(\C)O. The number of hydrogen-bond acceptors (Lipinski definition) is 5. The third-order valence-corrected chi connectivity index (χ3v) is 3.74. The summed E-state index contributed by atoms with van der Waals surface area (Å²) < 4.78 is 5.45. The van der Waals surface area contributed by atoms with Gasteiger partial charge in [0, 0.05) is 11.1 Å². The van der Waals surface area contributed by atoms with Crippen molar-refractivity contribution in [2.45, 2.75) is 52.7 Å². The van der Waals surface area contributed by atoms with E-state index in [-0.39, 0.29) is 18.8 Å². The van der Waals surface area contributed by atoms with Gasteiger partial charge in [-0.05, 0) is 46.9 Å². The first-order chi connectivity index (χ1) is 12.1. The Hall–Kier alpha value is -2.34. The summed E-state index contributed by atoms with van der Waals surface area (Å²) in [4.78, 5) is 18.0. The molecule has 1 aromatic carbocycles. The maximum Gasteiger partial charge on any atom is 0.410 e. The molecule has 0 aromatic heterocycles. The molecule has 0 aliphatic carbocycles. The van der Waals surface area contributed by atoms with Gasteiger partial charge in [0.1, 0.15) is 5.60 Å². The van der Waals surface area contributed by atoms with Crippen molar-refractivity contribution in [3.05, 3.63) is 35.6 Å². The number of carbonyl (C=O) groups is 1. The molecule has 1 rings (SSSR count). The Labute approximate surface area is 155 Å². The Morgan fingerprint density at radius 3 is 2.46 bits per heavy atom. The van der Waals surface area contributed by atoms with Crippen molar-refractivity contribution in [3.8, 4) is 0 Å². The molecule has 6 heteroatoms. The number of benzene rings is 1. The molecule has 0 saturated carbocycles. The van der Waals surface area contributed by atoms with Gasteiger partial charge < -0.3 is 19.8 Å². The highest BCUT2D eigenvalue weighted by molar-refractivity contribution is 5.80. The van der Waals surface area contributed by atoms with Crippen LogP contribution < -0.4 is 0 Å². The molecule has 0 aliphatic heterocycles. The topological polar surface area (TPSA) is 82.4 Å². The lowest BCUT2D eigenvalue weighted by Crippen LogP contribution is -2.42. The van der Waals surface area contributed by atoms with Crippen molar-refractivity contribution in [2.24, 2.45) is 4.99 Å². The first-order valence-corrected chi connectivity index (χ1v) is 8.69. The number of allylic oxidation sites excluding steroid dienone is 1. The van der Waals surface area contributed by atoms with Gasteiger partial charge in [-0.15, -0.1) is 0 Å². The number of aliphatic hydroxyl groups excluding tert-OH is 2. The van der Waals surface area contributed by atoms with Crippen LogP contribution in [-0.4, -0.2) is 52.7 Å². The van der Waals surface area contributed by atoms with Crippen LogP contribution in [0.15, 0.2) is 35.0 Å². The zero-order valence-corrected chi connectivity index (χ0v) is 16.3. The number of nitrogens with zero attached hydrogens (tertiary/aromatic N) is 2. The highest BCUT2D eigenvalue weighted by Crippen LogP contribution is 2.29. The number of rotatable bonds is 7. The van der Waals surface area contributed by atoms with Crippen molar-refractivity contribution in [1.82, 2.24) is 4.90 Å². The molecule has 1 atom stereocenters. The van der Waals surface area contributed by atoms with Crippen molar-refractivity contribution in [3.63, 3.8) is 0 Å². The normalized spacial score (nSPS) is 13.6. The summed E-state index contributed by atoms with van der Waals surface area (Å²) in [6.07, 6.45) is -0.732. The third kappa shape index (κ3) is 6.52. The fourth-order valence-electron chi connectivity index (χ4n) is 2.37. The van der Waals surface area contributed by atoms with E-state index in [2.05, 4.69) is 11.7 Å². The molecule has 0 radical (unpaired) electrons. The van der Waals surface area contributed by atoms with Crippen LogP contribution in [0.2, 0.25) is 0 Å². The van der Waals surface area contributed by atoms with E-state index in [1.54, 1.807) is 33.8 Å². The molecule has 0 saturated heterocycles. The van der Waals surface area contributed by atoms with E-state index in [4.69, 9.17) is 4.74 Å². The zero-order valence-electron chi connectivity index (χ0n) is 16.3. The predicted octanol–water partition coefficient (Wildman–Crippen LogP) is 4.32. The summed E-state index contributed by atoms with van der Waals surface area (Å²) in [7, 11) is 0. The number of aliphatic hydroxyl groups is 2. The van der Waals surface area contributed by atoms with Gasteiger partial charge in [-0.1, -0.05) is 25.1 Å². The Morgan fingerprint density at radius 1 is 1.35 bits per heavy atom. The molecule has 0 heterocycles. The molecule has 0 bridgehead atoms. The molecule has 0 aliphatic rings. The number of ether oxygens (including phenoxy) is 1. The van der Waals surface area contributed by atoms with Gasteiger partial charge in [0.05, 0.1) is 30.6 Å². The van der Waals surface area contributed by atoms with Crippen LogP contribution in [-0.2, 0) is 4.74 Å². The van der Waals surface area contributed by atoms with Gasteiger partial charge in [0.15, 0.2) is 0 Å². The van der Waals surface area contributed by atoms with Crippen LogP contribution >= 0.6 is 0 Å². The summed E-state index contributed by atoms with van der Waals surface area (Å²) in [5, 5.41) is 20.3. The monoisotopic (exact) mass is 362 g/mol. The molecule has 1 amide bonds. The average Bonchev–Trinajstić information content (AvgIpc) is 2.56. The van der Waals surface area contributed by atoms with Crippen LogP contribution in [0.5, 0.6) is 0 Å². The lowest BCUT2D eigenvalue weighted by molar-refractivity contribution is 0.0174. The van der Waals surface area contributed by atoms with E-state index in [0.29, 0.717) is 23.2 Å². The second-order valence-electron chi connectivity index (χ2n) is 7.16. The Morgan fingerprint density at radius 2 is 1.96 bits per heavy atom. The fourth-order valence-corrected chi connectivity index (χ4v) is 2.37. The number of hydrogen-bond donors (Lipinski definition) is 2. The van der Waals surface area contributed by atoms with E-state index >= 15 is 0 Å². The van der Waals surface area contributed by atoms with Crippen LogP contribution in [0.4, 0.5) is 10.5 Å². The molecule has 6 nitrogen and oxygen atoms in total. The lowest BCUT2D eigenvalue weighted by atomic mass is 10.0. The maximum absolute atomic E-state index is 12.6. The van der Waals surface area contributed by atoms with Gasteiger partial charge >= 0.3 is 6.09 Å². The number of aliphatic imine (C=N–C) groups is 1. The second kappa shape index (κ2) is 9.38. The maximum atomic E-state index is 12.6. The number of para-hydroxylation sites is 1. The van der Waals surface area contributed by atoms with Crippen LogP contribution in [0.25, 0.3) is 5.57 Å². The Kier molecular flexibility index (Phi) is 7.83. The minimum atomic E-state index is -0.685. The number of carbonyl (C=O) groups excluding carboxylic acids is 1. The van der Waals surface area contributed by atoms with E-state index in [1.165, 1.54) is 4.90 Å². The Balaban J connectivity index is 3.22. The largest absolute Gasteiger partial charge is 0.512 e. The lowest BCUT2D eigenvalue weighted by Gasteiger charge is -2.29. The fraction of sp³-hybridized carbons (Fsp3) is 0.500. The highest BCUT2D eigenvalue weighted by Gasteiger charge is 2.26. The predicted molar refractivity (Wildman–Crippen MR) is 105 cm³/mol. The first-order valence-electron chi connectivity index (χ1n) is 8.69. The highest BCUT2D eigenvalue weighted by atomic mass is 16.6. The van der Waals surface area contributed by atoms with E-state index < -0.39 is 17.8 Å². The number of amides is 1. The van der Waals surface area contributed by atoms with Crippen LogP contribution in [0, 0.1) is 0 Å². The molecule has 0 unspecified atom stereocenters. The Bertz CT molecular complexity index is 658. The minimum Gasteiger partial charge on any atom is -0.512 e. The first kappa shape index (κ1) is 21.7. The molecular weight excluding hydrogens is 332 g/mol. The van der Waals surface area contributed by atoms with Crippen LogP contribution in [0.3, 0.4) is 0 Å². The molecule has 0 fully saturated rings. The minimum absolute atomic E-state index is 0.0700. The van der Waals surface area contributed by atoms with E-state index in [9.17, 15) is 15.0 Å². The van der Waals surface area contributed by atoms with E-state index in [1.807, 2.05) is 25.1 Å². The van der Waals surface area contributed by atoms with Gasteiger partial charge in [0.25, 0.3) is 0 Å². The molecule has 26 heavy (non-hydrogen) atoms. The molecule has 0 spiro atoms. The van der Waals surface area contributed by atoms with Crippen molar-refractivity contribution < 1.29 is 19.7 Å². The van der Waals surface area contributed by atoms with Gasteiger partial charge in [-0.25, -0.2) is 4.79 Å². The standard InChI is InChI=1S/C20H30N2O4/c1-7-15(24)12-22(19(25)26-20(3,4)5)13-17(14(2)23)16-10-8-9-11-18(16)21-6/h8-11,15,23-24H,6-7,12-13H2,1-5H3/b17-14+/t15-/m0/s1. The summed E-state index contributed by atoms with van der Waals surface area (Å²) >= 11 is 0. The molecule has 2 N–H and O–H groups in total. The van der Waals surface area contributed by atoms with Gasteiger partial charge in [0.2, 0.25) is 0 Å². The summed E-state index contributed by atoms with van der Waals surface area (Å²) in [6.45, 7) is 12.5. The quantitative estimate of drug-likeness (QED) is 0.559. The van der Waals surface area contributed by atoms with Crippen molar-refractivity contribution >= 4 is 24.1 Å². The van der Waals surface area contributed by atoms with Crippen molar-refractivity contribution in [1.29, 1.82) is 0 Å². The van der Waals surface area contributed by atoms with Crippen LogP contribution in [0.1, 0.15) is 46.6 Å². The summed E-state index contributed by atoms with van der Waals surface area (Å²) in [5.74, 6) is 0.0700. The summed E-state index contributed by atoms with van der Waals surface area (Å²) in [6, 6.07) is 7.24. The van der Waals surface area contributed by atoms with E-state index in [0.717, 1.165) is 0 Å². The third-order valence-electron chi connectivity index (χ3n) is 3.74. The molecule has 1 aromatic rings. The average molecular weight is 362 g/mol.